The van der Waals surface area contributed by atoms with Crippen LogP contribution in [-0.4, -0.2) is 70.5 Å². The second-order valence-electron chi connectivity index (χ2n) is 8.11. The number of allylic oxidation sites excluding steroid dienone is 1. The van der Waals surface area contributed by atoms with Crippen LogP contribution >= 0.6 is 0 Å². The molecule has 0 spiro atoms. The van der Waals surface area contributed by atoms with Crippen molar-refractivity contribution in [1.82, 2.24) is 9.80 Å². The number of methoxy groups -OCH3 is 1. The van der Waals surface area contributed by atoms with Crippen molar-refractivity contribution in [2.45, 2.75) is 32.6 Å². The fourth-order valence-corrected chi connectivity index (χ4v) is 4.04. The third-order valence-corrected chi connectivity index (χ3v) is 6.04. The van der Waals surface area contributed by atoms with Gasteiger partial charge in [-0.25, -0.2) is 0 Å². The summed E-state index contributed by atoms with van der Waals surface area (Å²) in [4.78, 5) is 4.38. The van der Waals surface area contributed by atoms with Gasteiger partial charge in [0.15, 0.2) is 5.88 Å². The van der Waals surface area contributed by atoms with E-state index in [1.165, 1.54) is 0 Å². The predicted octanol–water partition coefficient (Wildman–Crippen LogP) is 3.64. The lowest BCUT2D eigenvalue weighted by Gasteiger charge is -2.38. The minimum atomic E-state index is -0.697. The standard InChI is InChI=1S/C24H37N3O3/c1-7-30-23(27-13-15-29-16-14-27)19(2)20(3)24(18-25,11-12-26(4)5)21-9-8-10-22(17-21)28-6/h8-10,17,20H,7,11-16H2,1-6H3. The molecule has 30 heavy (non-hydrogen) atoms. The van der Waals surface area contributed by atoms with E-state index in [0.717, 1.165) is 42.4 Å². The van der Waals surface area contributed by atoms with E-state index in [-0.39, 0.29) is 5.92 Å². The van der Waals surface area contributed by atoms with Crippen LogP contribution in [0.4, 0.5) is 0 Å². The van der Waals surface area contributed by atoms with Crippen molar-refractivity contribution in [2.24, 2.45) is 5.92 Å². The van der Waals surface area contributed by atoms with E-state index in [1.54, 1.807) is 7.11 Å². The molecule has 2 unspecified atom stereocenters. The number of nitriles is 1. The molecule has 2 atom stereocenters. The molecule has 0 aliphatic carbocycles. The quantitative estimate of drug-likeness (QED) is 0.544. The molecular weight excluding hydrogens is 378 g/mol. The maximum Gasteiger partial charge on any atom is 0.188 e. The lowest BCUT2D eigenvalue weighted by atomic mass is 9.67. The minimum Gasteiger partial charge on any atom is -0.497 e. The third kappa shape index (κ3) is 5.47. The summed E-state index contributed by atoms with van der Waals surface area (Å²) in [6, 6.07) is 10.6. The van der Waals surface area contributed by atoms with Crippen LogP contribution < -0.4 is 4.74 Å². The van der Waals surface area contributed by atoms with Crippen LogP contribution in [0.5, 0.6) is 5.75 Å². The van der Waals surface area contributed by atoms with Gasteiger partial charge in [0, 0.05) is 19.0 Å². The van der Waals surface area contributed by atoms with E-state index in [9.17, 15) is 5.26 Å². The molecule has 1 saturated heterocycles. The van der Waals surface area contributed by atoms with Crippen LogP contribution in [0.2, 0.25) is 0 Å². The summed E-state index contributed by atoms with van der Waals surface area (Å²) < 4.78 is 17.1. The number of benzene rings is 1. The lowest BCUT2D eigenvalue weighted by molar-refractivity contribution is 0.0134. The van der Waals surface area contributed by atoms with Gasteiger partial charge in [-0.2, -0.15) is 5.26 Å². The molecule has 1 aromatic rings. The number of hydrogen-bond donors (Lipinski definition) is 0. The second-order valence-corrected chi connectivity index (χ2v) is 8.11. The van der Waals surface area contributed by atoms with Crippen molar-refractivity contribution >= 4 is 0 Å². The molecule has 0 amide bonds. The van der Waals surface area contributed by atoms with Crippen LogP contribution in [0.1, 0.15) is 32.8 Å². The van der Waals surface area contributed by atoms with Gasteiger partial charge in [-0.05, 0) is 64.2 Å². The number of rotatable bonds is 10. The summed E-state index contributed by atoms with van der Waals surface area (Å²) in [5.74, 6) is 1.61. The number of nitrogens with zero attached hydrogens (tertiary/aromatic N) is 3. The first-order chi connectivity index (χ1) is 14.4. The Morgan fingerprint density at radius 1 is 1.33 bits per heavy atom. The van der Waals surface area contributed by atoms with Crippen molar-refractivity contribution in [3.05, 3.63) is 41.3 Å². The fourth-order valence-electron chi connectivity index (χ4n) is 4.04. The normalized spacial score (nSPS) is 18.3. The second kappa shape index (κ2) is 11.2. The highest BCUT2D eigenvalue weighted by Gasteiger charge is 2.41. The Morgan fingerprint density at radius 2 is 2.03 bits per heavy atom. The van der Waals surface area contributed by atoms with Crippen LogP contribution in [0.25, 0.3) is 0 Å². The van der Waals surface area contributed by atoms with E-state index in [2.05, 4.69) is 29.7 Å². The molecule has 6 nitrogen and oxygen atoms in total. The summed E-state index contributed by atoms with van der Waals surface area (Å²) in [6.07, 6.45) is 0.713. The number of morpholine rings is 1. The molecule has 1 fully saturated rings. The molecule has 0 saturated carbocycles. The van der Waals surface area contributed by atoms with Crippen molar-refractivity contribution in [3.8, 4) is 11.8 Å². The Bertz CT molecular complexity index is 750. The van der Waals surface area contributed by atoms with E-state index >= 15 is 0 Å². The van der Waals surface area contributed by atoms with Gasteiger partial charge < -0.3 is 24.0 Å². The van der Waals surface area contributed by atoms with Gasteiger partial charge in [0.1, 0.15) is 5.75 Å². The molecule has 1 aliphatic heterocycles. The number of ether oxygens (including phenoxy) is 3. The average molecular weight is 416 g/mol. The Balaban J connectivity index is 2.55. The van der Waals surface area contributed by atoms with E-state index in [0.29, 0.717) is 26.2 Å². The van der Waals surface area contributed by atoms with E-state index in [4.69, 9.17) is 14.2 Å². The van der Waals surface area contributed by atoms with Crippen molar-refractivity contribution in [1.29, 1.82) is 5.26 Å². The predicted molar refractivity (Wildman–Crippen MR) is 119 cm³/mol. The molecule has 0 aromatic heterocycles. The zero-order valence-electron chi connectivity index (χ0n) is 19.4. The first kappa shape index (κ1) is 24.0. The largest absolute Gasteiger partial charge is 0.497 e. The molecular formula is C24H37N3O3. The van der Waals surface area contributed by atoms with Crippen LogP contribution in [0.3, 0.4) is 0 Å². The first-order valence-electron chi connectivity index (χ1n) is 10.8. The molecule has 0 N–H and O–H groups in total. The minimum absolute atomic E-state index is 0.0426. The molecule has 2 rings (SSSR count). The van der Waals surface area contributed by atoms with E-state index < -0.39 is 5.41 Å². The van der Waals surface area contributed by atoms with Gasteiger partial charge in [-0.15, -0.1) is 0 Å². The SMILES string of the molecule is CCOC(=C(C)C(C)C(C#N)(CCN(C)C)c1cccc(OC)c1)N1CCOCC1. The first-order valence-corrected chi connectivity index (χ1v) is 10.8. The molecule has 0 bridgehead atoms. The number of hydrogen-bond acceptors (Lipinski definition) is 6. The Labute approximate surface area is 182 Å². The van der Waals surface area contributed by atoms with Gasteiger partial charge in [-0.1, -0.05) is 19.1 Å². The van der Waals surface area contributed by atoms with Crippen molar-refractivity contribution in [3.63, 3.8) is 0 Å². The summed E-state index contributed by atoms with van der Waals surface area (Å²) >= 11 is 0. The molecule has 6 heteroatoms. The molecule has 1 heterocycles. The lowest BCUT2D eigenvalue weighted by Crippen LogP contribution is -2.40. The monoisotopic (exact) mass is 415 g/mol. The van der Waals surface area contributed by atoms with Crippen molar-refractivity contribution < 1.29 is 14.2 Å². The van der Waals surface area contributed by atoms with Gasteiger partial charge in [0.05, 0.1) is 38.4 Å². The van der Waals surface area contributed by atoms with Gasteiger partial charge in [-0.3, -0.25) is 0 Å². The van der Waals surface area contributed by atoms with E-state index in [1.807, 2.05) is 45.3 Å². The highest BCUT2D eigenvalue weighted by atomic mass is 16.5. The summed E-state index contributed by atoms with van der Waals surface area (Å²) in [5, 5.41) is 10.5. The highest BCUT2D eigenvalue weighted by molar-refractivity contribution is 5.41. The molecule has 0 radical (unpaired) electrons. The average Bonchev–Trinajstić information content (AvgIpc) is 2.78. The molecule has 1 aromatic carbocycles. The Hall–Kier alpha value is -2.23. The highest BCUT2D eigenvalue weighted by Crippen LogP contribution is 2.41. The molecule has 1 aliphatic rings. The zero-order chi connectivity index (χ0) is 22.1. The van der Waals surface area contributed by atoms with Crippen LogP contribution in [0, 0.1) is 17.2 Å². The smallest absolute Gasteiger partial charge is 0.188 e. The van der Waals surface area contributed by atoms with Crippen molar-refractivity contribution in [2.75, 3.05) is 60.7 Å². The topological polar surface area (TPSA) is 58.0 Å². The van der Waals surface area contributed by atoms with Gasteiger partial charge in [0.2, 0.25) is 0 Å². The van der Waals surface area contributed by atoms with Gasteiger partial charge >= 0.3 is 0 Å². The van der Waals surface area contributed by atoms with Crippen LogP contribution in [-0.2, 0) is 14.9 Å². The van der Waals surface area contributed by atoms with Crippen LogP contribution in [0.15, 0.2) is 35.7 Å². The third-order valence-electron chi connectivity index (χ3n) is 6.04. The fraction of sp³-hybridized carbons (Fsp3) is 0.625. The van der Waals surface area contributed by atoms with Gasteiger partial charge in [0.25, 0.3) is 0 Å². The maximum atomic E-state index is 10.5. The summed E-state index contributed by atoms with van der Waals surface area (Å²) in [6.45, 7) is 10.6. The Morgan fingerprint density at radius 3 is 2.60 bits per heavy atom. The Kier molecular flexibility index (Phi) is 9.01. The molecule has 166 valence electrons. The summed E-state index contributed by atoms with van der Waals surface area (Å²) in [5.41, 5.74) is 1.38. The summed E-state index contributed by atoms with van der Waals surface area (Å²) in [7, 11) is 5.74. The maximum absolute atomic E-state index is 10.5. The zero-order valence-corrected chi connectivity index (χ0v) is 19.4.